The molecule has 1 fully saturated rings. The maximum absolute atomic E-state index is 12.5. The molecule has 0 spiro atoms. The van der Waals surface area contributed by atoms with E-state index in [4.69, 9.17) is 0 Å². The van der Waals surface area contributed by atoms with Gasteiger partial charge in [0.25, 0.3) is 5.91 Å². The van der Waals surface area contributed by atoms with Crippen molar-refractivity contribution in [2.45, 2.75) is 32.7 Å². The molecule has 0 radical (unpaired) electrons. The summed E-state index contributed by atoms with van der Waals surface area (Å²) in [7, 11) is 0. The van der Waals surface area contributed by atoms with E-state index in [1.807, 2.05) is 11.0 Å². The molecule has 0 bridgehead atoms. The van der Waals surface area contributed by atoms with Gasteiger partial charge in [0, 0.05) is 23.6 Å². The molecule has 0 aliphatic carbocycles. The summed E-state index contributed by atoms with van der Waals surface area (Å²) in [6.45, 7) is 7.06. The van der Waals surface area contributed by atoms with Crippen molar-refractivity contribution in [1.82, 2.24) is 10.2 Å². The predicted octanol–water partition coefficient (Wildman–Crippen LogP) is 4.12. The molecular weight excluding hydrogens is 404 g/mol. The second-order valence-electron chi connectivity index (χ2n) is 5.55. The number of carbonyl (C=O) groups is 1. The van der Waals surface area contributed by atoms with E-state index < -0.39 is 0 Å². The van der Waals surface area contributed by atoms with Crippen LogP contribution in [-0.4, -0.2) is 36.5 Å². The van der Waals surface area contributed by atoms with E-state index >= 15 is 0 Å². The monoisotopic (exact) mass is 422 g/mol. The number of rotatable bonds is 4. The Bertz CT molecular complexity index is 456. The van der Waals surface area contributed by atoms with Crippen LogP contribution in [0.3, 0.4) is 0 Å². The molecule has 3 nitrogen and oxygen atoms in total. The van der Waals surface area contributed by atoms with Crippen LogP contribution in [0.1, 0.15) is 36.4 Å². The maximum atomic E-state index is 12.5. The number of likely N-dealkylation sites (tertiary alicyclic amines) is 1. The number of hydrogen-bond donors (Lipinski definition) is 1. The fourth-order valence-corrected chi connectivity index (χ4v) is 4.43. The highest BCUT2D eigenvalue weighted by Crippen LogP contribution is 2.33. The Hall–Kier alpha value is 0.0900. The van der Waals surface area contributed by atoms with Gasteiger partial charge in [-0.15, -0.1) is 11.3 Å². The van der Waals surface area contributed by atoms with Gasteiger partial charge >= 0.3 is 0 Å². The minimum absolute atomic E-state index is 0.163. The summed E-state index contributed by atoms with van der Waals surface area (Å²) in [6.07, 6.45) is 2.31. The molecule has 2 heterocycles. The molecule has 1 unspecified atom stereocenters. The minimum Gasteiger partial charge on any atom is -0.338 e. The summed E-state index contributed by atoms with van der Waals surface area (Å²) in [4.78, 5) is 15.3. The molecule has 0 saturated carbocycles. The van der Waals surface area contributed by atoms with Crippen LogP contribution < -0.4 is 5.32 Å². The molecule has 1 N–H and O–H groups in total. The van der Waals surface area contributed by atoms with Gasteiger partial charge in [0.15, 0.2) is 0 Å². The molecular formula is C14H20Br2N2OS. The first kappa shape index (κ1) is 16.5. The van der Waals surface area contributed by atoms with Crippen LogP contribution >= 0.6 is 43.2 Å². The van der Waals surface area contributed by atoms with Gasteiger partial charge < -0.3 is 10.2 Å². The number of nitrogens with zero attached hydrogens (tertiary/aromatic N) is 1. The van der Waals surface area contributed by atoms with Gasteiger partial charge in [-0.05, 0) is 63.2 Å². The van der Waals surface area contributed by atoms with Gasteiger partial charge in [0.1, 0.15) is 0 Å². The quantitative estimate of drug-likeness (QED) is 0.789. The second-order valence-corrected chi connectivity index (χ2v) is 8.78. The van der Waals surface area contributed by atoms with Crippen molar-refractivity contribution in [3.63, 3.8) is 0 Å². The first-order valence-corrected chi connectivity index (χ1v) is 9.35. The average Bonchev–Trinajstić information content (AvgIpc) is 2.76. The van der Waals surface area contributed by atoms with Gasteiger partial charge in [0.05, 0.1) is 8.66 Å². The largest absolute Gasteiger partial charge is 0.338 e. The summed E-state index contributed by atoms with van der Waals surface area (Å²) in [5.74, 6) is 0.734. The van der Waals surface area contributed by atoms with Crippen LogP contribution in [0.15, 0.2) is 14.3 Å². The lowest BCUT2D eigenvalue weighted by Crippen LogP contribution is -2.43. The normalized spacial score (nSPS) is 19.6. The van der Waals surface area contributed by atoms with Crippen LogP contribution in [-0.2, 0) is 0 Å². The molecule has 2 rings (SSSR count). The van der Waals surface area contributed by atoms with E-state index in [2.05, 4.69) is 51.0 Å². The Labute approximate surface area is 141 Å². The average molecular weight is 424 g/mol. The molecule has 112 valence electrons. The summed E-state index contributed by atoms with van der Waals surface area (Å²) in [5, 5.41) is 3.48. The molecule has 1 aromatic rings. The summed E-state index contributed by atoms with van der Waals surface area (Å²) in [6, 6.07) is 2.41. The van der Waals surface area contributed by atoms with Gasteiger partial charge in [-0.3, -0.25) is 4.79 Å². The highest BCUT2D eigenvalue weighted by atomic mass is 79.9. The van der Waals surface area contributed by atoms with Crippen LogP contribution in [0.5, 0.6) is 0 Å². The van der Waals surface area contributed by atoms with Gasteiger partial charge in [-0.1, -0.05) is 13.8 Å². The molecule has 1 aromatic heterocycles. The van der Waals surface area contributed by atoms with E-state index in [0.29, 0.717) is 12.0 Å². The highest BCUT2D eigenvalue weighted by molar-refractivity contribution is 9.13. The topological polar surface area (TPSA) is 32.3 Å². The van der Waals surface area contributed by atoms with E-state index in [1.165, 1.54) is 17.8 Å². The molecule has 1 amide bonds. The fourth-order valence-electron chi connectivity index (χ4n) is 2.43. The van der Waals surface area contributed by atoms with Crippen molar-refractivity contribution in [3.8, 4) is 0 Å². The Kier molecular flexibility index (Phi) is 6.08. The lowest BCUT2D eigenvalue weighted by atomic mass is 9.97. The van der Waals surface area contributed by atoms with E-state index in [1.54, 1.807) is 0 Å². The smallest absolute Gasteiger partial charge is 0.264 e. The van der Waals surface area contributed by atoms with Gasteiger partial charge in [-0.25, -0.2) is 0 Å². The number of amides is 1. The van der Waals surface area contributed by atoms with Crippen molar-refractivity contribution < 1.29 is 4.79 Å². The zero-order valence-corrected chi connectivity index (χ0v) is 15.8. The zero-order chi connectivity index (χ0) is 14.7. The van der Waals surface area contributed by atoms with Crippen LogP contribution in [0.25, 0.3) is 0 Å². The van der Waals surface area contributed by atoms with Crippen molar-refractivity contribution in [2.75, 3.05) is 19.6 Å². The van der Waals surface area contributed by atoms with Crippen molar-refractivity contribution in [1.29, 1.82) is 0 Å². The van der Waals surface area contributed by atoms with Crippen LogP contribution in [0, 0.1) is 5.92 Å². The summed E-state index contributed by atoms with van der Waals surface area (Å²) in [5.41, 5.74) is 0. The summed E-state index contributed by atoms with van der Waals surface area (Å²) >= 11 is 8.39. The van der Waals surface area contributed by atoms with Crippen LogP contribution in [0.4, 0.5) is 0 Å². The zero-order valence-electron chi connectivity index (χ0n) is 11.8. The Morgan fingerprint density at radius 2 is 2.30 bits per heavy atom. The fraction of sp³-hybridized carbons (Fsp3) is 0.643. The third kappa shape index (κ3) is 4.29. The Morgan fingerprint density at radius 3 is 2.90 bits per heavy atom. The lowest BCUT2D eigenvalue weighted by Gasteiger charge is -2.33. The van der Waals surface area contributed by atoms with E-state index in [9.17, 15) is 4.79 Å². The minimum atomic E-state index is 0.163. The molecule has 1 saturated heterocycles. The van der Waals surface area contributed by atoms with Crippen molar-refractivity contribution >= 4 is 49.1 Å². The third-order valence-corrected chi connectivity index (χ3v) is 6.72. The SMILES string of the molecule is CC(C)NCC1CCCN(C(=O)c2cc(Br)c(Br)s2)C1. The van der Waals surface area contributed by atoms with Gasteiger partial charge in [-0.2, -0.15) is 0 Å². The molecule has 6 heteroatoms. The lowest BCUT2D eigenvalue weighted by molar-refractivity contribution is 0.0677. The number of halogens is 2. The highest BCUT2D eigenvalue weighted by Gasteiger charge is 2.25. The number of hydrogen-bond acceptors (Lipinski definition) is 3. The van der Waals surface area contributed by atoms with E-state index in [0.717, 1.165) is 39.2 Å². The van der Waals surface area contributed by atoms with E-state index in [-0.39, 0.29) is 5.91 Å². The molecule has 1 atom stereocenters. The number of piperidine rings is 1. The third-order valence-electron chi connectivity index (χ3n) is 3.48. The summed E-state index contributed by atoms with van der Waals surface area (Å²) < 4.78 is 1.94. The van der Waals surface area contributed by atoms with Gasteiger partial charge in [0.2, 0.25) is 0 Å². The van der Waals surface area contributed by atoms with Crippen molar-refractivity contribution in [3.05, 3.63) is 19.2 Å². The predicted molar refractivity (Wildman–Crippen MR) is 91.5 cm³/mol. The first-order valence-electron chi connectivity index (χ1n) is 6.95. The molecule has 1 aliphatic heterocycles. The number of nitrogens with one attached hydrogen (secondary N) is 1. The molecule has 20 heavy (non-hydrogen) atoms. The number of carbonyl (C=O) groups excluding carboxylic acids is 1. The molecule has 1 aliphatic rings. The first-order chi connectivity index (χ1) is 9.47. The Balaban J connectivity index is 1.96. The molecule has 0 aromatic carbocycles. The van der Waals surface area contributed by atoms with Crippen LogP contribution in [0.2, 0.25) is 0 Å². The standard InChI is InChI=1S/C14H20Br2N2OS/c1-9(2)17-7-10-4-3-5-18(8-10)14(19)12-6-11(15)13(16)20-12/h6,9-10,17H,3-5,7-8H2,1-2H3. The van der Waals surface area contributed by atoms with Crippen molar-refractivity contribution in [2.24, 2.45) is 5.92 Å². The second kappa shape index (κ2) is 7.38. The maximum Gasteiger partial charge on any atom is 0.264 e. The Morgan fingerprint density at radius 1 is 1.55 bits per heavy atom. The number of thiophene rings is 1.